The molecule has 5 aromatic rings. The molecule has 0 fully saturated rings. The molecule has 0 unspecified atom stereocenters. The van der Waals surface area contributed by atoms with E-state index < -0.39 is 20.9 Å². The van der Waals surface area contributed by atoms with E-state index in [1.54, 1.807) is 0 Å². The van der Waals surface area contributed by atoms with Crippen LogP contribution in [0.25, 0.3) is 21.5 Å². The molecular formula is C38H23NO2Te. The van der Waals surface area contributed by atoms with Crippen LogP contribution < -0.4 is 12.1 Å². The third kappa shape index (κ3) is 3.40. The number of benzene rings is 5. The molecule has 4 heteroatoms. The predicted molar refractivity (Wildman–Crippen MR) is 171 cm³/mol. The molecule has 3 nitrogen and oxygen atoms in total. The van der Waals surface area contributed by atoms with E-state index in [-0.39, 0.29) is 17.1 Å². The Balaban J connectivity index is 1.06. The van der Waals surface area contributed by atoms with Crippen LogP contribution in [0.4, 0.5) is 11.4 Å². The molecule has 5 aromatic carbocycles. The molecule has 0 amide bonds. The summed E-state index contributed by atoms with van der Waals surface area (Å²) >= 11 is -0.424. The molecule has 0 atom stereocenters. The SMILES string of the molecule is O=C1C(=CC2=CC3=C(C=C(N4c5ccccc5[Te]c5ccccc54)C3)C2)C(=O)c2c1c1ccccc1c1ccccc21. The number of anilines is 2. The molecule has 9 rings (SSSR count). The Morgan fingerprint density at radius 3 is 1.64 bits per heavy atom. The minimum absolute atomic E-state index is 0.161. The fourth-order valence-electron chi connectivity index (χ4n) is 7.01. The first-order chi connectivity index (χ1) is 20.7. The van der Waals surface area contributed by atoms with E-state index >= 15 is 0 Å². The average molecular weight is 653 g/mol. The zero-order valence-electron chi connectivity index (χ0n) is 22.6. The Morgan fingerprint density at radius 1 is 0.571 bits per heavy atom. The zero-order valence-corrected chi connectivity index (χ0v) is 24.9. The quantitative estimate of drug-likeness (QED) is 0.0891. The molecule has 3 aliphatic carbocycles. The van der Waals surface area contributed by atoms with Gasteiger partial charge in [-0.25, -0.2) is 0 Å². The van der Waals surface area contributed by atoms with Gasteiger partial charge in [0, 0.05) is 0 Å². The number of hydrogen-bond acceptors (Lipinski definition) is 3. The Labute approximate surface area is 253 Å². The fraction of sp³-hybridized carbons (Fsp3) is 0.0526. The van der Waals surface area contributed by atoms with Crippen LogP contribution in [-0.2, 0) is 0 Å². The minimum Gasteiger partial charge on any atom is -0.0616 e. The van der Waals surface area contributed by atoms with Crippen LogP contribution in [0, 0.1) is 0 Å². The van der Waals surface area contributed by atoms with Gasteiger partial charge < -0.3 is 0 Å². The second-order valence-electron chi connectivity index (χ2n) is 11.2. The first-order valence-corrected chi connectivity index (χ1v) is 16.5. The van der Waals surface area contributed by atoms with Crippen LogP contribution in [0.5, 0.6) is 0 Å². The summed E-state index contributed by atoms with van der Waals surface area (Å²) in [7, 11) is 0. The van der Waals surface area contributed by atoms with Gasteiger partial charge in [-0.3, -0.25) is 0 Å². The maximum absolute atomic E-state index is 13.8. The predicted octanol–water partition coefficient (Wildman–Crippen LogP) is 7.02. The number of fused-ring (bicyclic) bond motifs is 8. The average Bonchev–Trinajstić information content (AvgIpc) is 3.67. The van der Waals surface area contributed by atoms with Crippen molar-refractivity contribution in [2.75, 3.05) is 4.90 Å². The van der Waals surface area contributed by atoms with Crippen molar-refractivity contribution in [3.63, 3.8) is 0 Å². The number of nitrogens with zero attached hydrogens (tertiary/aromatic N) is 1. The Bertz CT molecular complexity index is 2090. The van der Waals surface area contributed by atoms with Crippen molar-refractivity contribution < 1.29 is 9.59 Å². The number of Topliss-reactive ketones (excluding diaryl/α,β-unsaturated/α-hetero) is 2. The molecular weight excluding hydrogens is 630 g/mol. The van der Waals surface area contributed by atoms with Crippen LogP contribution in [-0.4, -0.2) is 32.5 Å². The standard InChI is InChI=1S/C38H23NO2Te/c40-37-30(38(41)36-29-12-4-2-10-27(29)26-9-1-3-11-28(26)35(36)37)19-22-17-23-20-25(21-24(23)18-22)39-31-13-5-7-15-33(31)42-34-16-8-6-14-32(34)39/h1-17,19,21H,18,20H2. The fourth-order valence-corrected chi connectivity index (χ4v) is 10.0. The van der Waals surface area contributed by atoms with E-state index in [4.69, 9.17) is 0 Å². The van der Waals surface area contributed by atoms with Gasteiger partial charge in [-0.2, -0.15) is 0 Å². The van der Waals surface area contributed by atoms with Crippen LogP contribution in [0.2, 0.25) is 0 Å². The van der Waals surface area contributed by atoms with E-state index in [1.807, 2.05) is 54.6 Å². The smallest absolute Gasteiger partial charge is 0.0616 e. The minimum atomic E-state index is -0.424. The summed E-state index contributed by atoms with van der Waals surface area (Å²) in [6.45, 7) is 0. The van der Waals surface area contributed by atoms with E-state index in [9.17, 15) is 9.59 Å². The van der Waals surface area contributed by atoms with Crippen molar-refractivity contribution in [2.24, 2.45) is 0 Å². The van der Waals surface area contributed by atoms with Crippen LogP contribution in [0.15, 0.2) is 143 Å². The number of hydrogen-bond donors (Lipinski definition) is 0. The van der Waals surface area contributed by atoms with Gasteiger partial charge in [-0.15, -0.1) is 0 Å². The summed E-state index contributed by atoms with van der Waals surface area (Å²) in [6, 6.07) is 33.5. The van der Waals surface area contributed by atoms with Crippen LogP contribution in [0.3, 0.4) is 0 Å². The summed E-state index contributed by atoms with van der Waals surface area (Å²) in [5.74, 6) is -0.321. The van der Waals surface area contributed by atoms with Crippen molar-refractivity contribution in [3.05, 3.63) is 154 Å². The number of para-hydroxylation sites is 2. The second-order valence-corrected chi connectivity index (χ2v) is 14.3. The monoisotopic (exact) mass is 655 g/mol. The summed E-state index contributed by atoms with van der Waals surface area (Å²) in [5.41, 5.74) is 8.86. The van der Waals surface area contributed by atoms with Crippen molar-refractivity contribution >= 4 is 72.6 Å². The van der Waals surface area contributed by atoms with Gasteiger partial charge in [0.2, 0.25) is 0 Å². The summed E-state index contributed by atoms with van der Waals surface area (Å²) < 4.78 is 2.93. The Kier molecular flexibility index (Phi) is 5.17. The second kappa shape index (κ2) is 9.00. The van der Waals surface area contributed by atoms with Gasteiger partial charge in [-0.05, 0) is 21.5 Å². The van der Waals surface area contributed by atoms with Gasteiger partial charge in [-0.1, -0.05) is 48.5 Å². The first kappa shape index (κ1) is 24.1. The number of ketones is 2. The first-order valence-electron chi connectivity index (χ1n) is 14.2. The third-order valence-corrected chi connectivity index (χ3v) is 12.0. The van der Waals surface area contributed by atoms with Crippen LogP contribution in [0.1, 0.15) is 33.6 Å². The van der Waals surface area contributed by atoms with E-state index in [2.05, 4.69) is 65.6 Å². The maximum atomic E-state index is 13.8. The normalized spacial score (nSPS) is 17.0. The Morgan fingerprint density at radius 2 is 1.07 bits per heavy atom. The molecule has 198 valence electrons. The van der Waals surface area contributed by atoms with Crippen LogP contribution >= 0.6 is 0 Å². The summed E-state index contributed by atoms with van der Waals surface area (Å²) in [5, 5.41) is 3.73. The van der Waals surface area contributed by atoms with Crippen molar-refractivity contribution in [1.82, 2.24) is 0 Å². The number of carbonyl (C=O) groups excluding carboxylic acids is 2. The van der Waals surface area contributed by atoms with Crippen molar-refractivity contribution in [3.8, 4) is 0 Å². The number of allylic oxidation sites excluding steroid dienone is 7. The molecule has 0 spiro atoms. The summed E-state index contributed by atoms with van der Waals surface area (Å²) in [6.07, 6.45) is 7.94. The van der Waals surface area contributed by atoms with Gasteiger partial charge in [0.15, 0.2) is 0 Å². The Hall–Kier alpha value is -4.49. The topological polar surface area (TPSA) is 37.4 Å². The van der Waals surface area contributed by atoms with E-state index in [1.165, 1.54) is 35.4 Å². The van der Waals surface area contributed by atoms with Crippen molar-refractivity contribution in [2.45, 2.75) is 12.8 Å². The van der Waals surface area contributed by atoms with Gasteiger partial charge in [0.1, 0.15) is 0 Å². The van der Waals surface area contributed by atoms with Gasteiger partial charge >= 0.3 is 184 Å². The molecule has 0 saturated heterocycles. The molecule has 0 bridgehead atoms. The van der Waals surface area contributed by atoms with Gasteiger partial charge in [0.05, 0.1) is 0 Å². The number of rotatable bonds is 2. The summed E-state index contributed by atoms with van der Waals surface area (Å²) in [4.78, 5) is 30.1. The molecule has 0 saturated carbocycles. The zero-order chi connectivity index (χ0) is 27.9. The molecule has 4 aliphatic rings. The van der Waals surface area contributed by atoms with Gasteiger partial charge in [0.25, 0.3) is 0 Å². The number of carbonyl (C=O) groups is 2. The molecule has 1 aliphatic heterocycles. The van der Waals surface area contributed by atoms with E-state index in [0.717, 1.165) is 40.0 Å². The van der Waals surface area contributed by atoms with E-state index in [0.29, 0.717) is 11.1 Å². The molecule has 0 radical (unpaired) electrons. The molecule has 1 heterocycles. The molecule has 42 heavy (non-hydrogen) atoms. The molecule has 0 N–H and O–H groups in total. The third-order valence-electron chi connectivity index (χ3n) is 8.80. The van der Waals surface area contributed by atoms with Crippen molar-refractivity contribution in [1.29, 1.82) is 0 Å². The molecule has 0 aromatic heterocycles.